The molecule has 1 unspecified atom stereocenters. The number of likely N-dealkylation sites (tertiary alicyclic amines) is 1. The molecule has 2 saturated heterocycles. The molecule has 0 amide bonds. The molecule has 2 aliphatic rings. The van der Waals surface area contributed by atoms with Crippen LogP contribution in [0.4, 0.5) is 0 Å². The third-order valence-electron chi connectivity index (χ3n) is 4.07. The van der Waals surface area contributed by atoms with Crippen molar-refractivity contribution in [2.75, 3.05) is 37.7 Å². The van der Waals surface area contributed by atoms with Crippen molar-refractivity contribution in [1.29, 1.82) is 0 Å². The largest absolute Gasteiger partial charge is 0.312 e. The molecular weight excluding hydrogens is 248 g/mol. The highest BCUT2D eigenvalue weighted by Crippen LogP contribution is 2.28. The smallest absolute Gasteiger partial charge is 0.153 e. The Bertz CT molecular complexity index is 378. The molecule has 0 aromatic heterocycles. The van der Waals surface area contributed by atoms with Gasteiger partial charge < -0.3 is 10.2 Å². The number of piperidine rings is 1. The van der Waals surface area contributed by atoms with Crippen molar-refractivity contribution in [3.05, 3.63) is 0 Å². The minimum absolute atomic E-state index is 0.161. The molecule has 2 aliphatic heterocycles. The maximum atomic E-state index is 11.6. The van der Waals surface area contributed by atoms with Crippen molar-refractivity contribution < 1.29 is 8.42 Å². The summed E-state index contributed by atoms with van der Waals surface area (Å²) in [5.74, 6) is 0.629. The standard InChI is InChI=1S/C13H26N2O2S/c1-13(2)5-3-7-15(11-13)8-4-12-10-18(16,17)9-6-14-12/h12,14H,3-11H2,1-2H3. The van der Waals surface area contributed by atoms with Crippen LogP contribution in [0, 0.1) is 5.41 Å². The Morgan fingerprint density at radius 2 is 2.17 bits per heavy atom. The first-order valence-electron chi connectivity index (χ1n) is 7.03. The van der Waals surface area contributed by atoms with Crippen LogP contribution < -0.4 is 5.32 Å². The summed E-state index contributed by atoms with van der Waals surface area (Å²) in [7, 11) is -2.79. The van der Waals surface area contributed by atoms with Gasteiger partial charge in [-0.25, -0.2) is 8.42 Å². The third-order valence-corrected chi connectivity index (χ3v) is 5.81. The molecule has 0 aromatic rings. The number of nitrogens with one attached hydrogen (secondary N) is 1. The van der Waals surface area contributed by atoms with Crippen LogP contribution in [0.1, 0.15) is 33.1 Å². The SMILES string of the molecule is CC1(C)CCCN(CCC2CS(=O)(=O)CCN2)C1. The second-order valence-electron chi connectivity index (χ2n) is 6.60. The van der Waals surface area contributed by atoms with Gasteiger partial charge in [-0.15, -0.1) is 0 Å². The highest BCUT2D eigenvalue weighted by Gasteiger charge is 2.28. The normalized spacial score (nSPS) is 32.2. The van der Waals surface area contributed by atoms with E-state index in [-0.39, 0.29) is 6.04 Å². The van der Waals surface area contributed by atoms with Crippen molar-refractivity contribution in [1.82, 2.24) is 10.2 Å². The first-order chi connectivity index (χ1) is 8.36. The molecule has 0 radical (unpaired) electrons. The summed E-state index contributed by atoms with van der Waals surface area (Å²) in [6.07, 6.45) is 3.53. The van der Waals surface area contributed by atoms with E-state index in [1.54, 1.807) is 0 Å². The van der Waals surface area contributed by atoms with Gasteiger partial charge >= 0.3 is 0 Å². The fourth-order valence-electron chi connectivity index (χ4n) is 3.13. The van der Waals surface area contributed by atoms with Crippen LogP contribution in [-0.2, 0) is 9.84 Å². The zero-order valence-corrected chi connectivity index (χ0v) is 12.4. The maximum Gasteiger partial charge on any atom is 0.153 e. The number of sulfone groups is 1. The molecule has 2 rings (SSSR count). The summed E-state index contributed by atoms with van der Waals surface area (Å²) in [5, 5.41) is 3.33. The van der Waals surface area contributed by atoms with E-state index in [9.17, 15) is 8.42 Å². The van der Waals surface area contributed by atoms with Crippen LogP contribution in [0.5, 0.6) is 0 Å². The van der Waals surface area contributed by atoms with E-state index < -0.39 is 9.84 Å². The molecule has 0 saturated carbocycles. The van der Waals surface area contributed by atoms with Crippen molar-refractivity contribution in [3.63, 3.8) is 0 Å². The Hall–Kier alpha value is -0.130. The van der Waals surface area contributed by atoms with Gasteiger partial charge in [-0.2, -0.15) is 0 Å². The van der Waals surface area contributed by atoms with E-state index in [4.69, 9.17) is 0 Å². The van der Waals surface area contributed by atoms with E-state index in [1.807, 2.05) is 0 Å². The monoisotopic (exact) mass is 274 g/mol. The van der Waals surface area contributed by atoms with Crippen LogP contribution in [0.15, 0.2) is 0 Å². The van der Waals surface area contributed by atoms with Gasteiger partial charge in [0, 0.05) is 19.1 Å². The lowest BCUT2D eigenvalue weighted by atomic mass is 9.84. The number of hydrogen-bond acceptors (Lipinski definition) is 4. The van der Waals surface area contributed by atoms with Gasteiger partial charge in [-0.3, -0.25) is 0 Å². The maximum absolute atomic E-state index is 11.6. The molecule has 106 valence electrons. The molecule has 0 aromatic carbocycles. The highest BCUT2D eigenvalue weighted by atomic mass is 32.2. The molecule has 0 spiro atoms. The molecular formula is C13H26N2O2S. The van der Waals surface area contributed by atoms with Gasteiger partial charge in [-0.1, -0.05) is 13.8 Å². The van der Waals surface area contributed by atoms with Gasteiger partial charge in [0.05, 0.1) is 11.5 Å². The summed E-state index contributed by atoms with van der Waals surface area (Å²) in [6.45, 7) is 8.61. The van der Waals surface area contributed by atoms with E-state index in [1.165, 1.54) is 19.4 Å². The average molecular weight is 274 g/mol. The first kappa shape index (κ1) is 14.3. The van der Waals surface area contributed by atoms with Gasteiger partial charge in [0.2, 0.25) is 0 Å². The molecule has 18 heavy (non-hydrogen) atoms. The van der Waals surface area contributed by atoms with Gasteiger partial charge in [0.15, 0.2) is 9.84 Å². The second-order valence-corrected chi connectivity index (χ2v) is 8.83. The van der Waals surface area contributed by atoms with E-state index in [0.29, 0.717) is 23.5 Å². The van der Waals surface area contributed by atoms with E-state index in [2.05, 4.69) is 24.1 Å². The lowest BCUT2D eigenvalue weighted by Gasteiger charge is -2.38. The molecule has 5 heteroatoms. The molecule has 2 heterocycles. The van der Waals surface area contributed by atoms with Crippen molar-refractivity contribution in [3.8, 4) is 0 Å². The van der Waals surface area contributed by atoms with Crippen molar-refractivity contribution in [2.24, 2.45) is 5.41 Å². The molecule has 0 bridgehead atoms. The minimum Gasteiger partial charge on any atom is -0.312 e. The third kappa shape index (κ3) is 4.21. The quantitative estimate of drug-likeness (QED) is 0.830. The van der Waals surface area contributed by atoms with Gasteiger partial charge in [-0.05, 0) is 37.8 Å². The van der Waals surface area contributed by atoms with Crippen molar-refractivity contribution in [2.45, 2.75) is 39.2 Å². The average Bonchev–Trinajstić information content (AvgIpc) is 2.24. The topological polar surface area (TPSA) is 49.4 Å². The molecule has 2 fully saturated rings. The number of nitrogens with zero attached hydrogens (tertiary/aromatic N) is 1. The van der Waals surface area contributed by atoms with E-state index >= 15 is 0 Å². The van der Waals surface area contributed by atoms with Crippen LogP contribution in [0.2, 0.25) is 0 Å². The van der Waals surface area contributed by atoms with Crippen LogP contribution >= 0.6 is 0 Å². The van der Waals surface area contributed by atoms with Crippen LogP contribution in [0.25, 0.3) is 0 Å². The summed E-state index contributed by atoms with van der Waals surface area (Å²) in [5.41, 5.74) is 0.421. The molecule has 0 aliphatic carbocycles. The Kier molecular flexibility index (Phi) is 4.34. The fraction of sp³-hybridized carbons (Fsp3) is 1.00. The first-order valence-corrected chi connectivity index (χ1v) is 8.85. The van der Waals surface area contributed by atoms with E-state index in [0.717, 1.165) is 19.5 Å². The Morgan fingerprint density at radius 1 is 1.39 bits per heavy atom. The van der Waals surface area contributed by atoms with Crippen molar-refractivity contribution >= 4 is 9.84 Å². The zero-order valence-electron chi connectivity index (χ0n) is 11.6. The summed E-state index contributed by atoms with van der Waals surface area (Å²) in [6, 6.07) is 0.161. The summed E-state index contributed by atoms with van der Waals surface area (Å²) >= 11 is 0. The Balaban J connectivity index is 1.77. The zero-order chi connectivity index (χ0) is 13.2. The number of rotatable bonds is 3. The fourth-order valence-corrected chi connectivity index (χ4v) is 4.62. The van der Waals surface area contributed by atoms with Crippen LogP contribution in [0.3, 0.4) is 0 Å². The Labute approximate surface area is 111 Å². The summed E-state index contributed by atoms with van der Waals surface area (Å²) in [4.78, 5) is 2.49. The predicted octanol–water partition coefficient (Wildman–Crippen LogP) is 0.885. The Morgan fingerprint density at radius 3 is 2.83 bits per heavy atom. The van der Waals surface area contributed by atoms with Gasteiger partial charge in [0.1, 0.15) is 0 Å². The number of hydrogen-bond donors (Lipinski definition) is 1. The molecule has 1 atom stereocenters. The minimum atomic E-state index is -2.79. The molecule has 1 N–H and O–H groups in total. The summed E-state index contributed by atoms with van der Waals surface area (Å²) < 4.78 is 23.1. The highest BCUT2D eigenvalue weighted by molar-refractivity contribution is 7.91. The lowest BCUT2D eigenvalue weighted by molar-refractivity contribution is 0.114. The predicted molar refractivity (Wildman–Crippen MR) is 74.5 cm³/mol. The van der Waals surface area contributed by atoms with Gasteiger partial charge in [0.25, 0.3) is 0 Å². The van der Waals surface area contributed by atoms with Crippen LogP contribution in [-0.4, -0.2) is 57.0 Å². The lowest BCUT2D eigenvalue weighted by Crippen LogP contribution is -2.48. The molecule has 4 nitrogen and oxygen atoms in total. The second kappa shape index (κ2) is 5.47.